The van der Waals surface area contributed by atoms with Crippen molar-refractivity contribution in [1.29, 1.82) is 0 Å². The largest absolute Gasteiger partial charge is 0.481 e. The molecule has 0 aliphatic carbocycles. The molecule has 1 aliphatic rings. The molecule has 3 rings (SSSR count). The Morgan fingerprint density at radius 1 is 1.08 bits per heavy atom. The first-order valence-electron chi connectivity index (χ1n) is 8.19. The maximum atomic E-state index is 12.1. The predicted molar refractivity (Wildman–Crippen MR) is 92.5 cm³/mol. The van der Waals surface area contributed by atoms with E-state index >= 15 is 0 Å². The fraction of sp³-hybridized carbons (Fsp3) is 0.263. The second-order valence-electron chi connectivity index (χ2n) is 5.99. The summed E-state index contributed by atoms with van der Waals surface area (Å²) in [6, 6.07) is 16.8. The Kier molecular flexibility index (Phi) is 5.18. The highest BCUT2D eigenvalue weighted by Gasteiger charge is 2.30. The van der Waals surface area contributed by atoms with Gasteiger partial charge >= 0.3 is 12.0 Å². The first-order chi connectivity index (χ1) is 12.1. The Bertz CT molecular complexity index is 731. The van der Waals surface area contributed by atoms with Gasteiger partial charge in [-0.2, -0.15) is 0 Å². The first-order valence-corrected chi connectivity index (χ1v) is 8.19. The first kappa shape index (κ1) is 16.8. The van der Waals surface area contributed by atoms with E-state index in [0.29, 0.717) is 19.5 Å². The highest BCUT2D eigenvalue weighted by molar-refractivity contribution is 5.77. The summed E-state index contributed by atoms with van der Waals surface area (Å²) >= 11 is 0. The summed E-state index contributed by atoms with van der Waals surface area (Å²) in [4.78, 5) is 24.6. The molecule has 130 valence electrons. The van der Waals surface area contributed by atoms with Crippen molar-refractivity contribution in [3.8, 4) is 11.5 Å². The molecule has 25 heavy (non-hydrogen) atoms. The molecule has 0 saturated carbocycles. The van der Waals surface area contributed by atoms with Crippen molar-refractivity contribution in [2.45, 2.75) is 13.0 Å². The van der Waals surface area contributed by atoms with E-state index in [1.54, 1.807) is 4.90 Å². The predicted octanol–water partition coefficient (Wildman–Crippen LogP) is 3.10. The Labute approximate surface area is 146 Å². The number of hydrogen-bond donors (Lipinski definition) is 2. The third-order valence-electron chi connectivity index (χ3n) is 4.17. The zero-order valence-electron chi connectivity index (χ0n) is 13.7. The third-order valence-corrected chi connectivity index (χ3v) is 4.17. The van der Waals surface area contributed by atoms with E-state index in [0.717, 1.165) is 17.1 Å². The lowest BCUT2D eigenvalue weighted by Crippen LogP contribution is -2.38. The molecule has 1 saturated heterocycles. The molecule has 1 heterocycles. The molecule has 1 fully saturated rings. The number of rotatable bonds is 5. The van der Waals surface area contributed by atoms with Gasteiger partial charge < -0.3 is 20.1 Å². The molecular weight excluding hydrogens is 320 g/mol. The number of amides is 2. The van der Waals surface area contributed by atoms with Gasteiger partial charge in [-0.15, -0.1) is 0 Å². The number of carboxylic acid groups (broad SMARTS) is 1. The lowest BCUT2D eigenvalue weighted by molar-refractivity contribution is -0.141. The van der Waals surface area contributed by atoms with Crippen molar-refractivity contribution in [3.63, 3.8) is 0 Å². The van der Waals surface area contributed by atoms with Gasteiger partial charge in [-0.1, -0.05) is 30.3 Å². The van der Waals surface area contributed by atoms with Gasteiger partial charge in [-0.25, -0.2) is 4.79 Å². The topological polar surface area (TPSA) is 78.9 Å². The maximum Gasteiger partial charge on any atom is 0.317 e. The van der Waals surface area contributed by atoms with Gasteiger partial charge in [0.15, 0.2) is 0 Å². The van der Waals surface area contributed by atoms with Crippen LogP contribution in [0.5, 0.6) is 11.5 Å². The van der Waals surface area contributed by atoms with Crippen LogP contribution in [0.25, 0.3) is 0 Å². The number of urea groups is 1. The van der Waals surface area contributed by atoms with Crippen molar-refractivity contribution in [1.82, 2.24) is 10.2 Å². The van der Waals surface area contributed by atoms with Crippen molar-refractivity contribution < 1.29 is 19.4 Å². The number of para-hydroxylation sites is 1. The van der Waals surface area contributed by atoms with Crippen LogP contribution in [0.15, 0.2) is 54.6 Å². The summed E-state index contributed by atoms with van der Waals surface area (Å²) < 4.78 is 5.72. The van der Waals surface area contributed by atoms with Crippen LogP contribution in [0.2, 0.25) is 0 Å². The maximum absolute atomic E-state index is 12.1. The van der Waals surface area contributed by atoms with E-state index in [1.165, 1.54) is 0 Å². The average molecular weight is 340 g/mol. The zero-order chi connectivity index (χ0) is 17.6. The SMILES string of the molecule is O=C(O)C1CCN(C(=O)NCc2ccc(Oc3ccccc3)cc2)C1. The normalized spacial score (nSPS) is 16.5. The number of aliphatic carboxylic acids is 1. The minimum atomic E-state index is -0.843. The van der Waals surface area contributed by atoms with Gasteiger partial charge in [0, 0.05) is 19.6 Å². The summed E-state index contributed by atoms with van der Waals surface area (Å²) in [5, 5.41) is 11.8. The van der Waals surface area contributed by atoms with Crippen molar-refractivity contribution >= 4 is 12.0 Å². The van der Waals surface area contributed by atoms with Gasteiger partial charge in [0.25, 0.3) is 0 Å². The van der Waals surface area contributed by atoms with Crippen LogP contribution in [-0.2, 0) is 11.3 Å². The molecule has 2 aromatic carbocycles. The molecule has 0 spiro atoms. The lowest BCUT2D eigenvalue weighted by Gasteiger charge is -2.16. The van der Waals surface area contributed by atoms with Crippen LogP contribution >= 0.6 is 0 Å². The van der Waals surface area contributed by atoms with Crippen molar-refractivity contribution in [2.24, 2.45) is 5.92 Å². The average Bonchev–Trinajstić information content (AvgIpc) is 3.12. The molecule has 1 unspecified atom stereocenters. The van der Waals surface area contributed by atoms with Gasteiger partial charge in [0.2, 0.25) is 0 Å². The highest BCUT2D eigenvalue weighted by atomic mass is 16.5. The van der Waals surface area contributed by atoms with Gasteiger partial charge in [0.05, 0.1) is 5.92 Å². The number of carbonyl (C=O) groups excluding carboxylic acids is 1. The molecule has 0 aromatic heterocycles. The fourth-order valence-electron chi connectivity index (χ4n) is 2.74. The van der Waals surface area contributed by atoms with E-state index < -0.39 is 11.9 Å². The summed E-state index contributed by atoms with van der Waals surface area (Å²) in [5.41, 5.74) is 0.947. The number of likely N-dealkylation sites (tertiary alicyclic amines) is 1. The molecule has 6 nitrogen and oxygen atoms in total. The van der Waals surface area contributed by atoms with Crippen LogP contribution in [0.3, 0.4) is 0 Å². The second-order valence-corrected chi connectivity index (χ2v) is 5.99. The lowest BCUT2D eigenvalue weighted by atomic mass is 10.1. The second kappa shape index (κ2) is 7.70. The van der Waals surface area contributed by atoms with Crippen LogP contribution in [0.4, 0.5) is 4.79 Å². The van der Waals surface area contributed by atoms with Gasteiger partial charge in [0.1, 0.15) is 11.5 Å². The molecule has 2 amide bonds. The molecule has 6 heteroatoms. The van der Waals surface area contributed by atoms with E-state index in [-0.39, 0.29) is 12.6 Å². The summed E-state index contributed by atoms with van der Waals surface area (Å²) in [7, 11) is 0. The number of nitrogens with one attached hydrogen (secondary N) is 1. The molecule has 2 N–H and O–H groups in total. The number of carboxylic acids is 1. The summed E-state index contributed by atoms with van der Waals surface area (Å²) in [5.74, 6) is 0.195. The van der Waals surface area contributed by atoms with Crippen molar-refractivity contribution in [2.75, 3.05) is 13.1 Å². The summed E-state index contributed by atoms with van der Waals surface area (Å²) in [6.07, 6.45) is 0.508. The molecule has 2 aromatic rings. The number of ether oxygens (including phenoxy) is 1. The Hall–Kier alpha value is -3.02. The van der Waals surface area contributed by atoms with Crippen LogP contribution < -0.4 is 10.1 Å². The number of benzene rings is 2. The Morgan fingerprint density at radius 3 is 2.40 bits per heavy atom. The molecule has 0 radical (unpaired) electrons. The standard InChI is InChI=1S/C19H20N2O4/c22-18(23)15-10-11-21(13-15)19(24)20-12-14-6-8-17(9-7-14)25-16-4-2-1-3-5-16/h1-9,15H,10-13H2,(H,20,24)(H,22,23). The monoisotopic (exact) mass is 340 g/mol. The van der Waals surface area contributed by atoms with E-state index in [4.69, 9.17) is 9.84 Å². The molecule has 1 atom stereocenters. The Balaban J connectivity index is 1.49. The highest BCUT2D eigenvalue weighted by Crippen LogP contribution is 2.21. The molecule has 0 bridgehead atoms. The van der Waals surface area contributed by atoms with Crippen LogP contribution in [-0.4, -0.2) is 35.1 Å². The number of carbonyl (C=O) groups is 2. The zero-order valence-corrected chi connectivity index (χ0v) is 13.7. The van der Waals surface area contributed by atoms with E-state index in [9.17, 15) is 9.59 Å². The van der Waals surface area contributed by atoms with Crippen LogP contribution in [0.1, 0.15) is 12.0 Å². The van der Waals surface area contributed by atoms with Gasteiger partial charge in [-0.05, 0) is 36.2 Å². The third kappa shape index (κ3) is 4.50. The van der Waals surface area contributed by atoms with Gasteiger partial charge in [-0.3, -0.25) is 4.79 Å². The van der Waals surface area contributed by atoms with E-state index in [1.807, 2.05) is 54.6 Å². The van der Waals surface area contributed by atoms with Crippen LogP contribution in [0, 0.1) is 5.92 Å². The Morgan fingerprint density at radius 2 is 1.76 bits per heavy atom. The van der Waals surface area contributed by atoms with Crippen molar-refractivity contribution in [3.05, 3.63) is 60.2 Å². The fourth-order valence-corrected chi connectivity index (χ4v) is 2.74. The number of nitrogens with zero attached hydrogens (tertiary/aromatic N) is 1. The molecular formula is C19H20N2O4. The smallest absolute Gasteiger partial charge is 0.317 e. The minimum Gasteiger partial charge on any atom is -0.481 e. The number of hydrogen-bond acceptors (Lipinski definition) is 3. The summed E-state index contributed by atoms with van der Waals surface area (Å²) in [6.45, 7) is 1.14. The van der Waals surface area contributed by atoms with E-state index in [2.05, 4.69) is 5.32 Å². The minimum absolute atomic E-state index is 0.228. The molecule has 1 aliphatic heterocycles. The quantitative estimate of drug-likeness (QED) is 0.877.